The summed E-state index contributed by atoms with van der Waals surface area (Å²) in [6, 6.07) is 3.62. The third-order valence-electron chi connectivity index (χ3n) is 1.13. The number of ketones is 1. The van der Waals surface area contributed by atoms with E-state index in [0.29, 0.717) is 5.56 Å². The highest BCUT2D eigenvalue weighted by Gasteiger charge is 2.06. The molecule has 0 radical (unpaired) electrons. The highest BCUT2D eigenvalue weighted by Crippen LogP contribution is 2.17. The minimum absolute atomic E-state index is 0.0210. The summed E-state index contributed by atoms with van der Waals surface area (Å²) in [6.45, 7) is 0. The Kier molecular flexibility index (Phi) is 3.02. The maximum Gasteiger partial charge on any atom is 0.177 e. The second-order valence-corrected chi connectivity index (χ2v) is 4.70. The molecule has 0 amide bonds. The molecular formula is C7H4INOS. The lowest BCUT2D eigenvalue weighted by Gasteiger charge is -1.85. The number of nitrogens with zero attached hydrogens (tertiary/aromatic N) is 1. The van der Waals surface area contributed by atoms with Gasteiger partial charge in [0.2, 0.25) is 0 Å². The molecule has 1 heterocycles. The van der Waals surface area contributed by atoms with Crippen molar-refractivity contribution in [3.8, 4) is 6.07 Å². The van der Waals surface area contributed by atoms with E-state index in [-0.39, 0.29) is 12.2 Å². The van der Waals surface area contributed by atoms with Crippen LogP contribution < -0.4 is 0 Å². The first kappa shape index (κ1) is 8.68. The minimum Gasteiger partial charge on any atom is -0.293 e. The van der Waals surface area contributed by atoms with E-state index in [4.69, 9.17) is 5.26 Å². The van der Waals surface area contributed by atoms with E-state index in [0.717, 1.165) is 2.88 Å². The standard InChI is InChI=1S/C7H4INOS/c8-7-3-5(4-11-7)6(10)1-2-9/h3-4H,1H2. The Morgan fingerprint density at radius 1 is 1.82 bits per heavy atom. The molecule has 11 heavy (non-hydrogen) atoms. The SMILES string of the molecule is N#CCC(=O)c1csc(I)c1. The average Bonchev–Trinajstić information content (AvgIpc) is 2.36. The predicted molar refractivity (Wildman–Crippen MR) is 51.6 cm³/mol. The zero-order valence-electron chi connectivity index (χ0n) is 5.50. The first-order chi connectivity index (χ1) is 5.24. The van der Waals surface area contributed by atoms with Crippen LogP contribution >= 0.6 is 33.9 Å². The predicted octanol–water partition coefficient (Wildman–Crippen LogP) is 2.45. The Balaban J connectivity index is 2.78. The van der Waals surface area contributed by atoms with Gasteiger partial charge in [0.15, 0.2) is 5.78 Å². The number of thiophene rings is 1. The smallest absolute Gasteiger partial charge is 0.177 e. The lowest BCUT2D eigenvalue weighted by molar-refractivity contribution is 0.0998. The number of rotatable bonds is 2. The van der Waals surface area contributed by atoms with E-state index < -0.39 is 0 Å². The van der Waals surface area contributed by atoms with Crippen molar-refractivity contribution in [2.24, 2.45) is 0 Å². The zero-order chi connectivity index (χ0) is 8.27. The number of carbonyl (C=O) groups excluding carboxylic acids is 1. The molecule has 0 bridgehead atoms. The summed E-state index contributed by atoms with van der Waals surface area (Å²) in [5, 5.41) is 10.0. The van der Waals surface area contributed by atoms with Crippen molar-refractivity contribution >= 4 is 39.7 Å². The third kappa shape index (κ3) is 2.27. The largest absolute Gasteiger partial charge is 0.293 e. The van der Waals surface area contributed by atoms with Crippen LogP contribution in [0.2, 0.25) is 0 Å². The molecule has 56 valence electrons. The van der Waals surface area contributed by atoms with Crippen molar-refractivity contribution in [3.05, 3.63) is 19.9 Å². The Morgan fingerprint density at radius 2 is 2.55 bits per heavy atom. The molecular weight excluding hydrogens is 273 g/mol. The van der Waals surface area contributed by atoms with E-state index in [9.17, 15) is 4.79 Å². The van der Waals surface area contributed by atoms with Gasteiger partial charge in [0.05, 0.1) is 15.4 Å². The average molecular weight is 277 g/mol. The van der Waals surface area contributed by atoms with Gasteiger partial charge in [0, 0.05) is 10.9 Å². The first-order valence-electron chi connectivity index (χ1n) is 2.88. The molecule has 0 N–H and O–H groups in total. The molecule has 1 aromatic rings. The van der Waals surface area contributed by atoms with E-state index in [1.165, 1.54) is 11.3 Å². The number of hydrogen-bond donors (Lipinski definition) is 0. The third-order valence-corrected chi connectivity index (χ3v) is 2.92. The monoisotopic (exact) mass is 277 g/mol. The lowest BCUT2D eigenvalue weighted by atomic mass is 10.2. The molecule has 0 saturated heterocycles. The number of carbonyl (C=O) groups is 1. The lowest BCUT2D eigenvalue weighted by Crippen LogP contribution is -1.93. The van der Waals surface area contributed by atoms with Crippen molar-refractivity contribution in [1.82, 2.24) is 0 Å². The van der Waals surface area contributed by atoms with Gasteiger partial charge < -0.3 is 0 Å². The fourth-order valence-electron chi connectivity index (χ4n) is 0.630. The Morgan fingerprint density at radius 3 is 3.00 bits per heavy atom. The number of Topliss-reactive ketones (excluding diaryl/α,β-unsaturated/α-hetero) is 1. The van der Waals surface area contributed by atoms with E-state index in [1.54, 1.807) is 11.4 Å². The van der Waals surface area contributed by atoms with Crippen LogP contribution in [-0.4, -0.2) is 5.78 Å². The topological polar surface area (TPSA) is 40.9 Å². The van der Waals surface area contributed by atoms with Crippen molar-refractivity contribution in [1.29, 1.82) is 5.26 Å². The summed E-state index contributed by atoms with van der Waals surface area (Å²) in [5.74, 6) is -0.0910. The Labute approximate surface area is 82.0 Å². The molecule has 0 unspecified atom stereocenters. The molecule has 0 saturated carbocycles. The van der Waals surface area contributed by atoms with Crippen LogP contribution in [0.4, 0.5) is 0 Å². The second-order valence-electron chi connectivity index (χ2n) is 1.90. The normalized spacial score (nSPS) is 9.09. The van der Waals surface area contributed by atoms with Crippen LogP contribution in [0, 0.1) is 14.2 Å². The summed E-state index contributed by atoms with van der Waals surface area (Å²) < 4.78 is 1.07. The summed E-state index contributed by atoms with van der Waals surface area (Å²) in [6.07, 6.45) is -0.0210. The number of hydrogen-bond acceptors (Lipinski definition) is 3. The van der Waals surface area contributed by atoms with Crippen LogP contribution in [0.15, 0.2) is 11.4 Å². The first-order valence-corrected chi connectivity index (χ1v) is 4.84. The minimum atomic E-state index is -0.0910. The van der Waals surface area contributed by atoms with Crippen LogP contribution in [0.25, 0.3) is 0 Å². The summed E-state index contributed by atoms with van der Waals surface area (Å²) in [5.41, 5.74) is 0.654. The van der Waals surface area contributed by atoms with Crippen molar-refractivity contribution in [2.45, 2.75) is 6.42 Å². The van der Waals surface area contributed by atoms with Crippen molar-refractivity contribution in [2.75, 3.05) is 0 Å². The molecule has 2 nitrogen and oxygen atoms in total. The maximum atomic E-state index is 11.0. The second kappa shape index (κ2) is 3.83. The van der Waals surface area contributed by atoms with Crippen LogP contribution in [-0.2, 0) is 0 Å². The van der Waals surface area contributed by atoms with E-state index in [1.807, 2.05) is 6.07 Å². The van der Waals surface area contributed by atoms with Gasteiger partial charge in [0.1, 0.15) is 0 Å². The van der Waals surface area contributed by atoms with Gasteiger partial charge in [-0.25, -0.2) is 0 Å². The quantitative estimate of drug-likeness (QED) is 0.615. The van der Waals surface area contributed by atoms with Gasteiger partial charge in [-0.3, -0.25) is 4.79 Å². The van der Waals surface area contributed by atoms with Crippen molar-refractivity contribution < 1.29 is 4.79 Å². The molecule has 0 aromatic carbocycles. The molecule has 0 atom stereocenters. The zero-order valence-corrected chi connectivity index (χ0v) is 8.48. The molecule has 0 aliphatic heterocycles. The highest BCUT2D eigenvalue weighted by molar-refractivity contribution is 14.1. The van der Waals surface area contributed by atoms with Crippen LogP contribution in [0.5, 0.6) is 0 Å². The molecule has 0 aliphatic carbocycles. The van der Waals surface area contributed by atoms with Gasteiger partial charge >= 0.3 is 0 Å². The summed E-state index contributed by atoms with van der Waals surface area (Å²) in [4.78, 5) is 11.0. The molecule has 0 fully saturated rings. The maximum absolute atomic E-state index is 11.0. The van der Waals surface area contributed by atoms with Crippen LogP contribution in [0.3, 0.4) is 0 Å². The van der Waals surface area contributed by atoms with Crippen LogP contribution in [0.1, 0.15) is 16.8 Å². The van der Waals surface area contributed by atoms with E-state index >= 15 is 0 Å². The van der Waals surface area contributed by atoms with Gasteiger partial charge in [-0.2, -0.15) is 5.26 Å². The van der Waals surface area contributed by atoms with Gasteiger partial charge in [0.25, 0.3) is 0 Å². The Hall–Kier alpha value is -0.410. The molecule has 4 heteroatoms. The fraction of sp³-hybridized carbons (Fsp3) is 0.143. The van der Waals surface area contributed by atoms with Gasteiger partial charge in [-0.05, 0) is 28.7 Å². The molecule has 1 rings (SSSR count). The molecule has 1 aromatic heterocycles. The number of halogens is 1. The summed E-state index contributed by atoms with van der Waals surface area (Å²) in [7, 11) is 0. The number of nitriles is 1. The highest BCUT2D eigenvalue weighted by atomic mass is 127. The van der Waals surface area contributed by atoms with Gasteiger partial charge in [-0.1, -0.05) is 0 Å². The van der Waals surface area contributed by atoms with Crippen molar-refractivity contribution in [3.63, 3.8) is 0 Å². The van der Waals surface area contributed by atoms with Gasteiger partial charge in [-0.15, -0.1) is 11.3 Å². The molecule has 0 aliphatic rings. The summed E-state index contributed by atoms with van der Waals surface area (Å²) >= 11 is 3.66. The molecule has 0 spiro atoms. The Bertz CT molecular complexity index is 312. The fourth-order valence-corrected chi connectivity index (χ4v) is 1.98. The van der Waals surface area contributed by atoms with E-state index in [2.05, 4.69) is 22.6 Å².